The normalized spacial score (nSPS) is 11.4. The molecule has 0 spiro atoms. The van der Waals surface area contributed by atoms with Crippen LogP contribution in [-0.4, -0.2) is 7.05 Å². The van der Waals surface area contributed by atoms with Crippen LogP contribution in [-0.2, 0) is 0 Å². The molecule has 0 radical (unpaired) electrons. The van der Waals surface area contributed by atoms with Crippen molar-refractivity contribution in [3.05, 3.63) is 47.0 Å². The van der Waals surface area contributed by atoms with Crippen LogP contribution in [0.4, 0.5) is 0 Å². The summed E-state index contributed by atoms with van der Waals surface area (Å²) < 4.78 is 0. The minimum absolute atomic E-state index is 1.13. The van der Waals surface area contributed by atoms with Crippen LogP contribution >= 0.6 is 0 Å². The molecule has 0 aromatic rings. The van der Waals surface area contributed by atoms with E-state index in [2.05, 4.69) is 62.6 Å². The molecule has 0 bridgehead atoms. The SMILES string of the molecule is CC.CC.CN/C(C)=C/C=C(\C)N/C(C)=C/C=C(C)C. The maximum Gasteiger partial charge on any atom is 0.0117 e. The van der Waals surface area contributed by atoms with Gasteiger partial charge >= 0.3 is 0 Å². The molecule has 0 saturated carbocycles. The van der Waals surface area contributed by atoms with E-state index in [0.29, 0.717) is 0 Å². The van der Waals surface area contributed by atoms with Gasteiger partial charge in [-0.05, 0) is 52.8 Å². The number of allylic oxidation sites excluding steroid dienone is 8. The van der Waals surface area contributed by atoms with Gasteiger partial charge in [-0.15, -0.1) is 0 Å². The zero-order chi connectivity index (χ0) is 16.6. The Morgan fingerprint density at radius 2 is 0.950 bits per heavy atom. The molecule has 20 heavy (non-hydrogen) atoms. The fourth-order valence-electron chi connectivity index (χ4n) is 1.02. The summed E-state index contributed by atoms with van der Waals surface area (Å²) in [6.45, 7) is 18.3. The Balaban J connectivity index is -0.000000656. The fourth-order valence-corrected chi connectivity index (χ4v) is 1.02. The van der Waals surface area contributed by atoms with Crippen LogP contribution in [0, 0.1) is 0 Å². The Morgan fingerprint density at radius 1 is 0.600 bits per heavy atom. The molecule has 118 valence electrons. The van der Waals surface area contributed by atoms with Gasteiger partial charge in [-0.2, -0.15) is 0 Å². The van der Waals surface area contributed by atoms with Crippen LogP contribution in [0.3, 0.4) is 0 Å². The third kappa shape index (κ3) is 18.9. The summed E-state index contributed by atoms with van der Waals surface area (Å²) in [5, 5.41) is 6.40. The molecular formula is C18H36N2. The summed E-state index contributed by atoms with van der Waals surface area (Å²) in [5.74, 6) is 0. The van der Waals surface area contributed by atoms with Gasteiger partial charge in [0.25, 0.3) is 0 Å². The van der Waals surface area contributed by atoms with E-state index in [0.717, 1.165) is 17.1 Å². The van der Waals surface area contributed by atoms with Gasteiger partial charge in [0.15, 0.2) is 0 Å². The third-order valence-electron chi connectivity index (χ3n) is 2.04. The van der Waals surface area contributed by atoms with Crippen molar-refractivity contribution in [3.8, 4) is 0 Å². The standard InChI is InChI=1S/C14H24N2.2C2H6/c1-11(2)7-8-13(4)16-14(5)10-9-12(3)15-6;2*1-2/h7-10,15-16H,1-6H3;2*1-2H3/b12-9+,13-8+,14-10+;;. The van der Waals surface area contributed by atoms with Gasteiger partial charge < -0.3 is 10.6 Å². The fraction of sp³-hybridized carbons (Fsp3) is 0.556. The highest BCUT2D eigenvalue weighted by Gasteiger charge is 1.88. The topological polar surface area (TPSA) is 24.1 Å². The first kappa shape index (κ1) is 23.6. The van der Waals surface area contributed by atoms with Gasteiger partial charge in [-0.3, -0.25) is 0 Å². The molecule has 0 amide bonds. The van der Waals surface area contributed by atoms with Crippen LogP contribution in [0.25, 0.3) is 0 Å². The molecule has 2 nitrogen and oxygen atoms in total. The lowest BCUT2D eigenvalue weighted by Crippen LogP contribution is -2.07. The maximum absolute atomic E-state index is 3.32. The van der Waals surface area contributed by atoms with E-state index < -0.39 is 0 Å². The van der Waals surface area contributed by atoms with Gasteiger partial charge in [0.05, 0.1) is 0 Å². The first-order chi connectivity index (χ1) is 9.45. The number of hydrogen-bond acceptors (Lipinski definition) is 2. The first-order valence-electron chi connectivity index (χ1n) is 7.57. The highest BCUT2D eigenvalue weighted by molar-refractivity contribution is 5.19. The quantitative estimate of drug-likeness (QED) is 0.647. The second kappa shape index (κ2) is 17.6. The van der Waals surface area contributed by atoms with E-state index in [1.54, 1.807) is 0 Å². The first-order valence-corrected chi connectivity index (χ1v) is 7.57. The highest BCUT2D eigenvalue weighted by atomic mass is 14.9. The average Bonchev–Trinajstić information content (AvgIpc) is 2.46. The zero-order valence-electron chi connectivity index (χ0n) is 15.3. The molecule has 2 N–H and O–H groups in total. The van der Waals surface area contributed by atoms with Gasteiger partial charge in [0.1, 0.15) is 0 Å². The monoisotopic (exact) mass is 280 g/mol. The Bertz CT molecular complexity index is 327. The minimum atomic E-state index is 1.13. The molecule has 0 rings (SSSR count). The van der Waals surface area contributed by atoms with E-state index in [4.69, 9.17) is 0 Å². The van der Waals surface area contributed by atoms with Gasteiger partial charge in [-0.25, -0.2) is 0 Å². The number of nitrogens with one attached hydrogen (secondary N) is 2. The molecule has 0 aliphatic carbocycles. The van der Waals surface area contributed by atoms with Crippen LogP contribution in [0.15, 0.2) is 47.0 Å². The Kier molecular flexibility index (Phi) is 20.8. The number of rotatable bonds is 5. The maximum atomic E-state index is 3.32. The number of hydrogen-bond donors (Lipinski definition) is 2. The smallest absolute Gasteiger partial charge is 0.0117 e. The van der Waals surface area contributed by atoms with E-state index in [1.165, 1.54) is 5.57 Å². The van der Waals surface area contributed by atoms with Crippen molar-refractivity contribution in [3.63, 3.8) is 0 Å². The average molecular weight is 281 g/mol. The second-order valence-corrected chi connectivity index (χ2v) is 4.17. The lowest BCUT2D eigenvalue weighted by Gasteiger charge is -2.05. The van der Waals surface area contributed by atoms with Crippen molar-refractivity contribution < 1.29 is 0 Å². The summed E-state index contributed by atoms with van der Waals surface area (Å²) in [6.07, 6.45) is 8.30. The lowest BCUT2D eigenvalue weighted by atomic mass is 10.3. The predicted molar refractivity (Wildman–Crippen MR) is 95.6 cm³/mol. The van der Waals surface area contributed by atoms with Crippen LogP contribution in [0.1, 0.15) is 62.3 Å². The Morgan fingerprint density at radius 3 is 1.30 bits per heavy atom. The molecule has 0 saturated heterocycles. The van der Waals surface area contributed by atoms with E-state index in [-0.39, 0.29) is 0 Å². The Labute approximate surface area is 127 Å². The van der Waals surface area contributed by atoms with E-state index >= 15 is 0 Å². The summed E-state index contributed by atoms with van der Waals surface area (Å²) in [6, 6.07) is 0. The Hall–Kier alpha value is -1.44. The molecule has 2 heteroatoms. The van der Waals surface area contributed by atoms with E-state index in [9.17, 15) is 0 Å². The molecule has 0 aromatic heterocycles. The van der Waals surface area contributed by atoms with Crippen LogP contribution in [0.2, 0.25) is 0 Å². The molecule has 0 aliphatic rings. The highest BCUT2D eigenvalue weighted by Crippen LogP contribution is 1.98. The molecule has 0 aliphatic heterocycles. The summed E-state index contributed by atoms with van der Waals surface area (Å²) in [5.41, 5.74) is 4.72. The van der Waals surface area contributed by atoms with Crippen molar-refractivity contribution >= 4 is 0 Å². The second-order valence-electron chi connectivity index (χ2n) is 4.17. The molecule has 0 unspecified atom stereocenters. The van der Waals surface area contributed by atoms with Crippen molar-refractivity contribution in [2.45, 2.75) is 62.3 Å². The molecular weight excluding hydrogens is 244 g/mol. The van der Waals surface area contributed by atoms with Gasteiger partial charge in [0, 0.05) is 24.1 Å². The van der Waals surface area contributed by atoms with Crippen LogP contribution in [0.5, 0.6) is 0 Å². The largest absolute Gasteiger partial charge is 0.392 e. The van der Waals surface area contributed by atoms with Crippen molar-refractivity contribution in [2.75, 3.05) is 7.05 Å². The summed E-state index contributed by atoms with van der Waals surface area (Å²) >= 11 is 0. The van der Waals surface area contributed by atoms with Crippen molar-refractivity contribution in [1.82, 2.24) is 10.6 Å². The van der Waals surface area contributed by atoms with Crippen LogP contribution < -0.4 is 10.6 Å². The summed E-state index contributed by atoms with van der Waals surface area (Å²) in [7, 11) is 1.92. The minimum Gasteiger partial charge on any atom is -0.392 e. The van der Waals surface area contributed by atoms with Gasteiger partial charge in [0.2, 0.25) is 0 Å². The predicted octanol–water partition coefficient (Wildman–Crippen LogP) is 5.53. The molecule has 0 atom stereocenters. The van der Waals surface area contributed by atoms with Crippen molar-refractivity contribution in [1.29, 1.82) is 0 Å². The molecule has 0 heterocycles. The zero-order valence-corrected chi connectivity index (χ0v) is 15.3. The third-order valence-corrected chi connectivity index (χ3v) is 2.04. The van der Waals surface area contributed by atoms with Gasteiger partial charge in [-0.1, -0.05) is 39.3 Å². The van der Waals surface area contributed by atoms with E-state index in [1.807, 2.05) is 41.7 Å². The molecule has 0 aromatic carbocycles. The summed E-state index contributed by atoms with van der Waals surface area (Å²) in [4.78, 5) is 0. The lowest BCUT2D eigenvalue weighted by molar-refractivity contribution is 0.959. The molecule has 0 fully saturated rings. The van der Waals surface area contributed by atoms with Crippen molar-refractivity contribution in [2.24, 2.45) is 0 Å².